The fraction of sp³-hybridized carbons (Fsp3) is 0.750. The largest absolute Gasteiger partial charge is 0.449 e. The third-order valence-electron chi connectivity index (χ3n) is 3.10. The maximum atomic E-state index is 10.4. The number of allylic oxidation sites excluding steroid dienone is 1. The van der Waals surface area contributed by atoms with Crippen LogP contribution in [0.5, 0.6) is 0 Å². The first kappa shape index (κ1) is 12.6. The van der Waals surface area contributed by atoms with Crippen molar-refractivity contribution in [1.82, 2.24) is 0 Å². The monoisotopic (exact) mass is 230 g/mol. The van der Waals surface area contributed by atoms with Crippen molar-refractivity contribution in [3.8, 4) is 0 Å². The molecule has 0 fully saturated rings. The van der Waals surface area contributed by atoms with Crippen LogP contribution < -0.4 is 0 Å². The summed E-state index contributed by atoms with van der Waals surface area (Å²) >= 11 is 5.11. The molecule has 0 radical (unpaired) electrons. The first-order valence-electron chi connectivity index (χ1n) is 5.40. The molecular weight excluding hydrogens is 212 g/mol. The Labute approximate surface area is 96.6 Å². The van der Waals surface area contributed by atoms with E-state index in [4.69, 9.17) is 16.3 Å². The van der Waals surface area contributed by atoms with Crippen LogP contribution in [0.2, 0.25) is 0 Å². The quantitative estimate of drug-likeness (QED) is 0.527. The first-order valence-corrected chi connectivity index (χ1v) is 5.77. The van der Waals surface area contributed by atoms with Crippen molar-refractivity contribution in [2.24, 2.45) is 11.3 Å². The van der Waals surface area contributed by atoms with Gasteiger partial charge in [-0.25, -0.2) is 4.79 Å². The van der Waals surface area contributed by atoms with Crippen molar-refractivity contribution in [3.05, 3.63) is 11.6 Å². The summed E-state index contributed by atoms with van der Waals surface area (Å²) in [5.74, 6) is 0.730. The molecule has 1 atom stereocenters. The van der Waals surface area contributed by atoms with Crippen molar-refractivity contribution in [1.29, 1.82) is 0 Å². The van der Waals surface area contributed by atoms with Gasteiger partial charge in [0.2, 0.25) is 0 Å². The lowest BCUT2D eigenvalue weighted by atomic mass is 9.73. The maximum absolute atomic E-state index is 10.4. The van der Waals surface area contributed by atoms with Gasteiger partial charge in [-0.15, -0.1) is 0 Å². The van der Waals surface area contributed by atoms with E-state index >= 15 is 0 Å². The summed E-state index contributed by atoms with van der Waals surface area (Å²) in [5, 5.41) is 0. The normalized spacial score (nSPS) is 22.1. The van der Waals surface area contributed by atoms with E-state index in [0.717, 1.165) is 18.8 Å². The number of hydrogen-bond donors (Lipinski definition) is 0. The van der Waals surface area contributed by atoms with Crippen LogP contribution in [-0.2, 0) is 4.74 Å². The molecule has 1 unspecified atom stereocenters. The lowest BCUT2D eigenvalue weighted by Gasteiger charge is -2.33. The molecule has 0 N–H and O–H groups in total. The van der Waals surface area contributed by atoms with Gasteiger partial charge in [0.25, 0.3) is 0 Å². The van der Waals surface area contributed by atoms with Gasteiger partial charge in [0, 0.05) is 11.6 Å². The van der Waals surface area contributed by atoms with E-state index in [9.17, 15) is 4.79 Å². The average Bonchev–Trinajstić information content (AvgIpc) is 2.14. The molecule has 86 valence electrons. The van der Waals surface area contributed by atoms with Crippen LogP contribution in [-0.4, -0.2) is 12.0 Å². The Morgan fingerprint density at radius 3 is 2.67 bits per heavy atom. The number of carbonyl (C=O) groups excluding carboxylic acids is 1. The second-order valence-electron chi connectivity index (χ2n) is 5.23. The van der Waals surface area contributed by atoms with Crippen molar-refractivity contribution in [3.63, 3.8) is 0 Å². The molecule has 0 bridgehead atoms. The highest BCUT2D eigenvalue weighted by molar-refractivity contribution is 6.61. The maximum Gasteiger partial charge on any atom is 0.404 e. The Hall–Kier alpha value is -0.500. The fourth-order valence-electron chi connectivity index (χ4n) is 1.96. The van der Waals surface area contributed by atoms with Crippen molar-refractivity contribution in [2.45, 2.75) is 40.0 Å². The molecule has 0 saturated heterocycles. The molecule has 1 aliphatic rings. The first-order chi connectivity index (χ1) is 6.89. The average molecular weight is 231 g/mol. The second kappa shape index (κ2) is 5.02. The van der Waals surface area contributed by atoms with Crippen LogP contribution in [0.4, 0.5) is 4.79 Å². The minimum absolute atomic E-state index is 0.360. The number of carbonyl (C=O) groups is 1. The van der Waals surface area contributed by atoms with E-state index < -0.39 is 5.43 Å². The Morgan fingerprint density at radius 1 is 1.60 bits per heavy atom. The highest BCUT2D eigenvalue weighted by Crippen LogP contribution is 2.37. The predicted molar refractivity (Wildman–Crippen MR) is 62.1 cm³/mol. The standard InChI is InChI=1S/C12H19ClO2/c1-12(2,3)10-6-4-9(5-7-10)8-15-11(13)14/h4,10H,5-8H2,1-3H3. The summed E-state index contributed by atoms with van der Waals surface area (Å²) in [5.41, 5.74) is 0.851. The minimum atomic E-state index is -0.714. The molecular formula is C12H19ClO2. The lowest BCUT2D eigenvalue weighted by Crippen LogP contribution is -2.22. The van der Waals surface area contributed by atoms with E-state index in [2.05, 4.69) is 26.8 Å². The smallest absolute Gasteiger partial charge is 0.404 e. The molecule has 1 aliphatic carbocycles. The topological polar surface area (TPSA) is 26.3 Å². The summed E-state index contributed by atoms with van der Waals surface area (Å²) < 4.78 is 4.76. The van der Waals surface area contributed by atoms with Crippen LogP contribution >= 0.6 is 11.6 Å². The molecule has 0 aromatic carbocycles. The minimum Gasteiger partial charge on any atom is -0.449 e. The van der Waals surface area contributed by atoms with E-state index in [-0.39, 0.29) is 0 Å². The number of rotatable bonds is 2. The molecule has 0 amide bonds. The van der Waals surface area contributed by atoms with Gasteiger partial charge in [-0.3, -0.25) is 0 Å². The van der Waals surface area contributed by atoms with E-state index in [1.807, 2.05) is 0 Å². The zero-order valence-corrected chi connectivity index (χ0v) is 10.4. The van der Waals surface area contributed by atoms with Crippen LogP contribution in [0, 0.1) is 11.3 Å². The molecule has 0 spiro atoms. The van der Waals surface area contributed by atoms with Gasteiger partial charge in [-0.1, -0.05) is 26.8 Å². The molecule has 0 heterocycles. The number of hydrogen-bond acceptors (Lipinski definition) is 2. The van der Waals surface area contributed by atoms with Gasteiger partial charge < -0.3 is 4.74 Å². The molecule has 0 aromatic heterocycles. The highest BCUT2D eigenvalue weighted by Gasteiger charge is 2.26. The van der Waals surface area contributed by atoms with Gasteiger partial charge in [-0.05, 0) is 36.2 Å². The summed E-state index contributed by atoms with van der Waals surface area (Å²) in [6, 6.07) is 0. The summed E-state index contributed by atoms with van der Waals surface area (Å²) in [4.78, 5) is 10.4. The van der Waals surface area contributed by atoms with Gasteiger partial charge in [-0.2, -0.15) is 0 Å². The Morgan fingerprint density at radius 2 is 2.27 bits per heavy atom. The van der Waals surface area contributed by atoms with Crippen LogP contribution in [0.25, 0.3) is 0 Å². The molecule has 1 rings (SSSR count). The van der Waals surface area contributed by atoms with E-state index in [1.165, 1.54) is 12.0 Å². The van der Waals surface area contributed by atoms with Gasteiger partial charge in [0.1, 0.15) is 6.61 Å². The summed E-state index contributed by atoms with van der Waals surface area (Å²) in [7, 11) is 0. The third kappa shape index (κ3) is 4.25. The second-order valence-corrected chi connectivity index (χ2v) is 5.53. The van der Waals surface area contributed by atoms with Crippen LogP contribution in [0.1, 0.15) is 40.0 Å². The SMILES string of the molecule is CC(C)(C)C1CC=C(COC(=O)Cl)CC1. The fourth-order valence-corrected chi connectivity index (χ4v) is 2.01. The van der Waals surface area contributed by atoms with E-state index in [0.29, 0.717) is 12.0 Å². The number of halogens is 1. The predicted octanol–water partition coefficient (Wildman–Crippen LogP) is 4.13. The molecule has 2 nitrogen and oxygen atoms in total. The molecule has 15 heavy (non-hydrogen) atoms. The Balaban J connectivity index is 2.42. The zero-order valence-electron chi connectivity index (χ0n) is 9.68. The summed E-state index contributed by atoms with van der Waals surface area (Å²) in [6.45, 7) is 7.18. The molecule has 0 aromatic rings. The van der Waals surface area contributed by atoms with Gasteiger partial charge in [0.05, 0.1) is 0 Å². The van der Waals surface area contributed by atoms with Gasteiger partial charge in [0.15, 0.2) is 0 Å². The number of ether oxygens (including phenoxy) is 1. The van der Waals surface area contributed by atoms with Crippen LogP contribution in [0.15, 0.2) is 11.6 Å². The van der Waals surface area contributed by atoms with Crippen molar-refractivity contribution >= 4 is 17.0 Å². The zero-order chi connectivity index (χ0) is 11.5. The van der Waals surface area contributed by atoms with Gasteiger partial charge >= 0.3 is 5.43 Å². The Bertz CT molecular complexity index is 263. The van der Waals surface area contributed by atoms with Crippen molar-refractivity contribution in [2.75, 3.05) is 6.61 Å². The summed E-state index contributed by atoms with van der Waals surface area (Å²) in [6.07, 6.45) is 5.47. The highest BCUT2D eigenvalue weighted by atomic mass is 35.5. The molecule has 0 aliphatic heterocycles. The lowest BCUT2D eigenvalue weighted by molar-refractivity contribution is 0.177. The Kier molecular flexibility index (Phi) is 4.21. The van der Waals surface area contributed by atoms with Crippen molar-refractivity contribution < 1.29 is 9.53 Å². The molecule has 0 saturated carbocycles. The third-order valence-corrected chi connectivity index (χ3v) is 3.21. The van der Waals surface area contributed by atoms with Crippen LogP contribution in [0.3, 0.4) is 0 Å². The van der Waals surface area contributed by atoms with E-state index in [1.54, 1.807) is 0 Å². The molecule has 3 heteroatoms.